The molecule has 0 aliphatic carbocycles. The fourth-order valence-corrected chi connectivity index (χ4v) is 2.08. The van der Waals surface area contributed by atoms with Gasteiger partial charge in [0.1, 0.15) is 5.69 Å². The summed E-state index contributed by atoms with van der Waals surface area (Å²) in [6, 6.07) is 5.99. The van der Waals surface area contributed by atoms with Crippen LogP contribution in [0.15, 0.2) is 29.8 Å². The number of carbonyl (C=O) groups is 2. The highest BCUT2D eigenvalue weighted by Crippen LogP contribution is 2.36. The number of carboxylic acid groups (broad SMARTS) is 1. The third kappa shape index (κ3) is 1.56. The molecule has 5 nitrogen and oxygen atoms in total. The molecular formula is C13H13NO4. The molecule has 1 aliphatic rings. The summed E-state index contributed by atoms with van der Waals surface area (Å²) in [5.74, 6) is -2.29. The van der Waals surface area contributed by atoms with Crippen LogP contribution in [0.2, 0.25) is 0 Å². The molecule has 0 radical (unpaired) electrons. The van der Waals surface area contributed by atoms with E-state index in [9.17, 15) is 14.8 Å². The van der Waals surface area contributed by atoms with Crippen molar-refractivity contribution in [2.45, 2.75) is 19.9 Å². The van der Waals surface area contributed by atoms with E-state index in [4.69, 9.17) is 5.11 Å². The van der Waals surface area contributed by atoms with Crippen molar-refractivity contribution in [3.05, 3.63) is 40.6 Å². The molecule has 0 fully saturated rings. The van der Waals surface area contributed by atoms with E-state index in [1.54, 1.807) is 38.1 Å². The Kier molecular flexibility index (Phi) is 2.80. The van der Waals surface area contributed by atoms with E-state index in [-0.39, 0.29) is 0 Å². The largest absolute Gasteiger partial charge is 0.619 e. The van der Waals surface area contributed by atoms with Gasteiger partial charge in [-0.3, -0.25) is 4.65 Å². The molecule has 0 aromatic heterocycles. The number of hydroxylamine groups is 2. The molecule has 1 aromatic carbocycles. The highest BCUT2D eigenvalue weighted by molar-refractivity contribution is 6.25. The zero-order valence-corrected chi connectivity index (χ0v) is 10.1. The molecule has 0 spiro atoms. The fourth-order valence-electron chi connectivity index (χ4n) is 2.08. The smallest absolute Gasteiger partial charge is 0.358 e. The van der Waals surface area contributed by atoms with Crippen molar-refractivity contribution in [3.63, 3.8) is 0 Å². The molecule has 1 amide bonds. The molecule has 0 saturated heterocycles. The maximum atomic E-state index is 12.8. The minimum Gasteiger partial charge on any atom is -0.619 e. The summed E-state index contributed by atoms with van der Waals surface area (Å²) >= 11 is 0. The van der Waals surface area contributed by atoms with Crippen molar-refractivity contribution < 1.29 is 14.7 Å². The van der Waals surface area contributed by atoms with Gasteiger partial charge in [0, 0.05) is 11.6 Å². The van der Waals surface area contributed by atoms with Gasteiger partial charge >= 0.3 is 11.9 Å². The Hall–Kier alpha value is -1.98. The Morgan fingerprint density at radius 1 is 1.33 bits per heavy atom. The molecule has 1 aliphatic heterocycles. The molecule has 0 saturated carbocycles. The minimum absolute atomic E-state index is 0.294. The van der Waals surface area contributed by atoms with Crippen molar-refractivity contribution in [2.75, 3.05) is 0 Å². The second kappa shape index (κ2) is 4.04. The van der Waals surface area contributed by atoms with Crippen LogP contribution in [-0.4, -0.2) is 23.0 Å². The Morgan fingerprint density at radius 3 is 2.50 bits per heavy atom. The average molecular weight is 247 g/mol. The van der Waals surface area contributed by atoms with Gasteiger partial charge in [0.15, 0.2) is 5.57 Å². The number of quaternary nitrogens is 1. The Balaban J connectivity index is 2.75. The first-order valence-electron chi connectivity index (χ1n) is 5.58. The first-order valence-corrected chi connectivity index (χ1v) is 5.58. The number of hydrogen-bond donors (Lipinski definition) is 1. The lowest BCUT2D eigenvalue weighted by molar-refractivity contribution is -0.136. The normalized spacial score (nSPS) is 22.7. The quantitative estimate of drug-likeness (QED) is 0.492. The second-order valence-corrected chi connectivity index (χ2v) is 4.48. The van der Waals surface area contributed by atoms with Gasteiger partial charge in [-0.1, -0.05) is 12.1 Å². The number of amides is 1. The fraction of sp³-hybridized carbons (Fsp3) is 0.231. The molecule has 18 heavy (non-hydrogen) atoms. The SMILES string of the molecule is CC(C)[N+]1([O-])C(=O)C(C(=O)O)=Cc2ccccc21. The van der Waals surface area contributed by atoms with Crippen LogP contribution in [0.3, 0.4) is 0 Å². The van der Waals surface area contributed by atoms with Crippen LogP contribution in [-0.2, 0) is 9.59 Å². The summed E-state index contributed by atoms with van der Waals surface area (Å²) in [6.07, 6.45) is 1.26. The van der Waals surface area contributed by atoms with Crippen LogP contribution in [0, 0.1) is 5.21 Å². The monoisotopic (exact) mass is 247 g/mol. The lowest BCUT2D eigenvalue weighted by Gasteiger charge is -2.45. The van der Waals surface area contributed by atoms with Crippen LogP contribution in [0.1, 0.15) is 19.4 Å². The number of fused-ring (bicyclic) bond motifs is 1. The summed E-state index contributed by atoms with van der Waals surface area (Å²) < 4.78 is -1.26. The molecule has 1 atom stereocenters. The van der Waals surface area contributed by atoms with E-state index in [1.807, 2.05) is 0 Å². The standard InChI is InChI=1S/C13H13NO4/c1-8(2)14(18)11-6-4-3-5-9(11)7-10(12(14)15)13(16)17/h3-8H,1-2H3,(H,16,17). The maximum absolute atomic E-state index is 12.8. The Morgan fingerprint density at radius 2 is 1.94 bits per heavy atom. The van der Waals surface area contributed by atoms with E-state index >= 15 is 0 Å². The number of hydrogen-bond acceptors (Lipinski definition) is 3. The molecule has 2 rings (SSSR count). The highest BCUT2D eigenvalue weighted by Gasteiger charge is 2.43. The number of carbonyl (C=O) groups excluding carboxylic acids is 1. The minimum atomic E-state index is -1.37. The first-order chi connectivity index (χ1) is 8.39. The van der Waals surface area contributed by atoms with E-state index in [0.717, 1.165) is 0 Å². The number of benzene rings is 1. The zero-order valence-electron chi connectivity index (χ0n) is 10.1. The molecule has 1 heterocycles. The van der Waals surface area contributed by atoms with Gasteiger partial charge in [-0.25, -0.2) is 9.59 Å². The van der Waals surface area contributed by atoms with Gasteiger partial charge in [-0.2, -0.15) is 0 Å². The highest BCUT2D eigenvalue weighted by atomic mass is 16.6. The van der Waals surface area contributed by atoms with Gasteiger partial charge in [0.2, 0.25) is 0 Å². The molecule has 0 bridgehead atoms. The average Bonchev–Trinajstić information content (AvgIpc) is 2.33. The van der Waals surface area contributed by atoms with Crippen LogP contribution < -0.4 is 4.65 Å². The Labute approximate surface area is 104 Å². The van der Waals surface area contributed by atoms with Crippen molar-refractivity contribution in [1.82, 2.24) is 4.65 Å². The van der Waals surface area contributed by atoms with E-state index in [0.29, 0.717) is 11.3 Å². The van der Waals surface area contributed by atoms with Gasteiger partial charge in [-0.15, -0.1) is 0 Å². The lowest BCUT2D eigenvalue weighted by Crippen LogP contribution is -2.56. The number of para-hydroxylation sites is 1. The summed E-state index contributed by atoms with van der Waals surface area (Å²) in [7, 11) is 0. The molecule has 1 aromatic rings. The van der Waals surface area contributed by atoms with Crippen LogP contribution >= 0.6 is 0 Å². The van der Waals surface area contributed by atoms with E-state index in [1.165, 1.54) is 6.08 Å². The van der Waals surface area contributed by atoms with E-state index in [2.05, 4.69) is 0 Å². The number of carboxylic acids is 1. The first kappa shape index (κ1) is 12.5. The predicted octanol–water partition coefficient (Wildman–Crippen LogP) is 1.91. The third-order valence-corrected chi connectivity index (χ3v) is 3.08. The topological polar surface area (TPSA) is 77.4 Å². The van der Waals surface area contributed by atoms with Crippen LogP contribution in [0.4, 0.5) is 5.69 Å². The number of aliphatic carboxylic acids is 1. The summed E-state index contributed by atoms with van der Waals surface area (Å²) in [4.78, 5) is 23.2. The molecule has 5 heteroatoms. The lowest BCUT2D eigenvalue weighted by atomic mass is 9.99. The molecule has 1 unspecified atom stereocenters. The zero-order chi connectivity index (χ0) is 13.5. The maximum Gasteiger partial charge on any atom is 0.358 e. The van der Waals surface area contributed by atoms with Gasteiger partial charge < -0.3 is 10.3 Å². The predicted molar refractivity (Wildman–Crippen MR) is 67.4 cm³/mol. The van der Waals surface area contributed by atoms with Crippen LogP contribution in [0.25, 0.3) is 6.08 Å². The third-order valence-electron chi connectivity index (χ3n) is 3.08. The molecule has 1 N–H and O–H groups in total. The van der Waals surface area contributed by atoms with Gasteiger partial charge in [0.05, 0.1) is 6.04 Å². The van der Waals surface area contributed by atoms with Crippen molar-refractivity contribution >= 4 is 23.6 Å². The summed E-state index contributed by atoms with van der Waals surface area (Å²) in [5.41, 5.74) is 0.318. The van der Waals surface area contributed by atoms with Crippen molar-refractivity contribution in [2.24, 2.45) is 0 Å². The summed E-state index contributed by atoms with van der Waals surface area (Å²) in [5, 5.41) is 21.8. The Bertz CT molecular complexity index is 562. The number of nitrogens with zero attached hydrogens (tertiary/aromatic N) is 1. The number of rotatable bonds is 2. The molecular weight excluding hydrogens is 234 g/mol. The summed E-state index contributed by atoms with van der Waals surface area (Å²) in [6.45, 7) is 3.21. The van der Waals surface area contributed by atoms with Crippen molar-refractivity contribution in [3.8, 4) is 0 Å². The van der Waals surface area contributed by atoms with Crippen LogP contribution in [0.5, 0.6) is 0 Å². The van der Waals surface area contributed by atoms with E-state index < -0.39 is 28.1 Å². The van der Waals surface area contributed by atoms with Gasteiger partial charge in [0.25, 0.3) is 0 Å². The second-order valence-electron chi connectivity index (χ2n) is 4.48. The van der Waals surface area contributed by atoms with Crippen molar-refractivity contribution in [1.29, 1.82) is 0 Å². The van der Waals surface area contributed by atoms with Gasteiger partial charge in [-0.05, 0) is 26.0 Å². The molecule has 94 valence electrons.